The van der Waals surface area contributed by atoms with Gasteiger partial charge in [0.05, 0.1) is 4.90 Å². The van der Waals surface area contributed by atoms with Crippen molar-refractivity contribution in [2.45, 2.75) is 51.2 Å². The van der Waals surface area contributed by atoms with Crippen molar-refractivity contribution >= 4 is 16.0 Å². The third-order valence-corrected chi connectivity index (χ3v) is 5.07. The molecule has 0 fully saturated rings. The fraction of sp³-hybridized carbons (Fsp3) is 0.471. The van der Waals surface area contributed by atoms with Crippen LogP contribution >= 0.6 is 0 Å². The zero-order chi connectivity index (χ0) is 17.8. The number of ether oxygens (including phenoxy) is 1. The van der Waals surface area contributed by atoms with E-state index >= 15 is 0 Å². The molecule has 0 aliphatic carbocycles. The molecule has 0 radical (unpaired) electrons. The van der Waals surface area contributed by atoms with E-state index in [0.29, 0.717) is 0 Å². The zero-order valence-corrected chi connectivity index (χ0v) is 15.2. The van der Waals surface area contributed by atoms with Gasteiger partial charge in [-0.1, -0.05) is 23.8 Å². The lowest BCUT2D eigenvalue weighted by Gasteiger charge is -2.29. The van der Waals surface area contributed by atoms with Crippen LogP contribution in [0.2, 0.25) is 0 Å². The molecule has 0 amide bonds. The van der Waals surface area contributed by atoms with Crippen LogP contribution in [0.4, 0.5) is 0 Å². The molecular formula is C17H25NO4S. The number of carbonyl (C=O) groups excluding carboxylic acids is 1. The molecule has 23 heavy (non-hydrogen) atoms. The largest absolute Gasteiger partial charge is 0.459 e. The van der Waals surface area contributed by atoms with Crippen molar-refractivity contribution in [3.8, 4) is 0 Å². The Labute approximate surface area is 139 Å². The first-order valence-electron chi connectivity index (χ1n) is 7.41. The maximum atomic E-state index is 12.8. The fourth-order valence-electron chi connectivity index (χ4n) is 1.94. The van der Waals surface area contributed by atoms with Gasteiger partial charge in [-0.3, -0.25) is 4.79 Å². The Morgan fingerprint density at radius 1 is 1.30 bits per heavy atom. The van der Waals surface area contributed by atoms with Crippen LogP contribution in [-0.2, 0) is 19.6 Å². The third kappa shape index (κ3) is 5.18. The van der Waals surface area contributed by atoms with Crippen molar-refractivity contribution in [1.29, 1.82) is 0 Å². The first-order valence-corrected chi connectivity index (χ1v) is 8.85. The molecule has 5 nitrogen and oxygen atoms in total. The van der Waals surface area contributed by atoms with Gasteiger partial charge in [0.2, 0.25) is 10.0 Å². The second kappa shape index (κ2) is 7.27. The van der Waals surface area contributed by atoms with Crippen molar-refractivity contribution in [3.05, 3.63) is 42.5 Å². The number of sulfonamides is 1. The molecule has 128 valence electrons. The van der Waals surface area contributed by atoms with Gasteiger partial charge in [-0.05, 0) is 46.8 Å². The standard InChI is InChI=1S/C17H25NO4S/c1-7-12-18(14(3)16(19)22-17(4,5)6)23(20,21)15-10-8-13(2)9-11-15/h7-11,14H,1,12H2,2-6H3/t14-/m0/s1. The Kier molecular flexibility index (Phi) is 6.13. The van der Waals surface area contributed by atoms with Gasteiger partial charge >= 0.3 is 5.97 Å². The van der Waals surface area contributed by atoms with E-state index in [1.807, 2.05) is 6.92 Å². The van der Waals surface area contributed by atoms with Gasteiger partial charge in [0, 0.05) is 6.54 Å². The van der Waals surface area contributed by atoms with Gasteiger partial charge in [-0.2, -0.15) is 4.31 Å². The molecule has 0 spiro atoms. The van der Waals surface area contributed by atoms with E-state index in [1.54, 1.807) is 32.9 Å². The van der Waals surface area contributed by atoms with E-state index in [2.05, 4.69) is 6.58 Å². The van der Waals surface area contributed by atoms with Gasteiger partial charge in [0.15, 0.2) is 0 Å². The van der Waals surface area contributed by atoms with Crippen molar-refractivity contribution in [2.24, 2.45) is 0 Å². The van der Waals surface area contributed by atoms with E-state index in [0.717, 1.165) is 9.87 Å². The predicted molar refractivity (Wildman–Crippen MR) is 90.6 cm³/mol. The van der Waals surface area contributed by atoms with Gasteiger partial charge in [0.25, 0.3) is 0 Å². The maximum absolute atomic E-state index is 12.8. The summed E-state index contributed by atoms with van der Waals surface area (Å²) in [5.74, 6) is -0.588. The highest BCUT2D eigenvalue weighted by Crippen LogP contribution is 2.20. The highest BCUT2D eigenvalue weighted by molar-refractivity contribution is 7.89. The topological polar surface area (TPSA) is 63.7 Å². The highest BCUT2D eigenvalue weighted by Gasteiger charge is 2.34. The molecule has 1 aromatic rings. The van der Waals surface area contributed by atoms with Gasteiger partial charge in [-0.15, -0.1) is 6.58 Å². The van der Waals surface area contributed by atoms with Crippen molar-refractivity contribution < 1.29 is 17.9 Å². The molecule has 6 heteroatoms. The Hall–Kier alpha value is -1.66. The Morgan fingerprint density at radius 2 is 1.83 bits per heavy atom. The van der Waals surface area contributed by atoms with E-state index in [-0.39, 0.29) is 11.4 Å². The quantitative estimate of drug-likeness (QED) is 0.590. The van der Waals surface area contributed by atoms with Crippen LogP contribution in [0.25, 0.3) is 0 Å². The normalized spacial score (nSPS) is 13.7. The van der Waals surface area contributed by atoms with E-state index in [4.69, 9.17) is 4.74 Å². The number of rotatable bonds is 6. The fourth-order valence-corrected chi connectivity index (χ4v) is 3.50. The molecule has 0 aliphatic heterocycles. The second-order valence-corrected chi connectivity index (χ2v) is 8.28. The van der Waals surface area contributed by atoms with Crippen LogP contribution in [0.1, 0.15) is 33.3 Å². The minimum atomic E-state index is -3.82. The SMILES string of the molecule is C=CCN([C@@H](C)C(=O)OC(C)(C)C)S(=O)(=O)c1ccc(C)cc1. The van der Waals surface area contributed by atoms with Gasteiger partial charge < -0.3 is 4.74 Å². The number of benzene rings is 1. The number of esters is 1. The molecule has 0 bridgehead atoms. The van der Waals surface area contributed by atoms with Gasteiger partial charge in [0.1, 0.15) is 11.6 Å². The lowest BCUT2D eigenvalue weighted by Crippen LogP contribution is -2.45. The Bertz CT molecular complexity index is 657. The maximum Gasteiger partial charge on any atom is 0.324 e. The Morgan fingerprint density at radius 3 is 2.26 bits per heavy atom. The number of carbonyl (C=O) groups is 1. The molecule has 0 aliphatic rings. The van der Waals surface area contributed by atoms with Crippen LogP contribution in [0, 0.1) is 6.92 Å². The van der Waals surface area contributed by atoms with Crippen molar-refractivity contribution in [2.75, 3.05) is 6.54 Å². The number of hydrogen-bond donors (Lipinski definition) is 0. The molecule has 1 atom stereocenters. The summed E-state index contributed by atoms with van der Waals surface area (Å²) in [5.41, 5.74) is 0.276. The summed E-state index contributed by atoms with van der Waals surface area (Å²) in [5, 5.41) is 0. The van der Waals surface area contributed by atoms with Gasteiger partial charge in [-0.25, -0.2) is 8.42 Å². The van der Waals surface area contributed by atoms with Crippen molar-refractivity contribution in [1.82, 2.24) is 4.31 Å². The molecular weight excluding hydrogens is 314 g/mol. The molecule has 0 heterocycles. The first kappa shape index (κ1) is 19.4. The van der Waals surface area contributed by atoms with E-state index in [1.165, 1.54) is 25.1 Å². The number of hydrogen-bond acceptors (Lipinski definition) is 4. The molecule has 0 aromatic heterocycles. The molecule has 1 aromatic carbocycles. The third-order valence-electron chi connectivity index (χ3n) is 3.12. The second-order valence-electron chi connectivity index (χ2n) is 6.39. The lowest BCUT2D eigenvalue weighted by molar-refractivity contribution is -0.158. The van der Waals surface area contributed by atoms with Crippen LogP contribution in [0.15, 0.2) is 41.8 Å². The van der Waals surface area contributed by atoms with E-state index in [9.17, 15) is 13.2 Å². The van der Waals surface area contributed by atoms with Crippen LogP contribution in [-0.4, -0.2) is 36.9 Å². The Balaban J connectivity index is 3.16. The molecule has 0 unspecified atom stereocenters. The smallest absolute Gasteiger partial charge is 0.324 e. The molecule has 0 saturated heterocycles. The summed E-state index contributed by atoms with van der Waals surface area (Å²) < 4.78 is 32.0. The average molecular weight is 339 g/mol. The summed E-state index contributed by atoms with van der Waals surface area (Å²) >= 11 is 0. The molecule has 1 rings (SSSR count). The van der Waals surface area contributed by atoms with Crippen LogP contribution in [0.3, 0.4) is 0 Å². The van der Waals surface area contributed by atoms with E-state index < -0.39 is 27.6 Å². The number of aryl methyl sites for hydroxylation is 1. The minimum Gasteiger partial charge on any atom is -0.459 e. The summed E-state index contributed by atoms with van der Waals surface area (Å²) in [7, 11) is -3.82. The van der Waals surface area contributed by atoms with Crippen LogP contribution in [0.5, 0.6) is 0 Å². The summed E-state index contributed by atoms with van der Waals surface area (Å²) in [6, 6.07) is 5.55. The molecule has 0 N–H and O–H groups in total. The predicted octanol–water partition coefficient (Wildman–Crippen LogP) is 2.90. The average Bonchev–Trinajstić information content (AvgIpc) is 2.42. The van der Waals surface area contributed by atoms with Crippen LogP contribution < -0.4 is 0 Å². The summed E-state index contributed by atoms with van der Waals surface area (Å²) in [4.78, 5) is 12.4. The lowest BCUT2D eigenvalue weighted by atomic mass is 10.2. The minimum absolute atomic E-state index is 0.0244. The van der Waals surface area contributed by atoms with Crippen molar-refractivity contribution in [3.63, 3.8) is 0 Å². The number of nitrogens with zero attached hydrogens (tertiary/aromatic N) is 1. The monoisotopic (exact) mass is 339 g/mol. The molecule has 0 saturated carbocycles. The summed E-state index contributed by atoms with van der Waals surface area (Å²) in [6.07, 6.45) is 1.45. The highest BCUT2D eigenvalue weighted by atomic mass is 32.2. The first-order chi connectivity index (χ1) is 10.5. The summed E-state index contributed by atoms with van der Waals surface area (Å²) in [6.45, 7) is 12.2. The zero-order valence-electron chi connectivity index (χ0n) is 14.4.